The van der Waals surface area contributed by atoms with Crippen LogP contribution in [0.15, 0.2) is 17.4 Å². The smallest absolute Gasteiger partial charge is 0.316 e. The van der Waals surface area contributed by atoms with Crippen molar-refractivity contribution >= 4 is 5.97 Å². The topological polar surface area (TPSA) is 46.5 Å². The van der Waals surface area contributed by atoms with Crippen LogP contribution in [-0.4, -0.2) is 23.8 Å². The third kappa shape index (κ3) is 5.94. The first kappa shape index (κ1) is 18.9. The second-order valence-corrected chi connectivity index (χ2v) is 7.27. The highest BCUT2D eigenvalue weighted by Crippen LogP contribution is 2.28. The first-order chi connectivity index (χ1) is 8.91. The lowest BCUT2D eigenvalue weighted by Gasteiger charge is -2.29. The Balaban J connectivity index is 5.47. The Hall–Kier alpha value is -1.05. The summed E-state index contributed by atoms with van der Waals surface area (Å²) in [5.74, 6) is -1.09. The molecule has 20 heavy (non-hydrogen) atoms. The molecule has 0 radical (unpaired) electrons. The van der Waals surface area contributed by atoms with Crippen LogP contribution in [0, 0.1) is 16.7 Å². The molecule has 0 spiro atoms. The van der Waals surface area contributed by atoms with Gasteiger partial charge in [-0.05, 0) is 36.3 Å². The predicted octanol–water partition coefficient (Wildman–Crippen LogP) is 3.72. The molecular formula is C17H30O3. The van der Waals surface area contributed by atoms with Crippen LogP contribution in [0.1, 0.15) is 55.4 Å². The van der Waals surface area contributed by atoms with Crippen molar-refractivity contribution < 1.29 is 14.6 Å². The molecule has 3 nitrogen and oxygen atoms in total. The largest absolute Gasteiger partial charge is 0.465 e. The van der Waals surface area contributed by atoms with Gasteiger partial charge >= 0.3 is 5.97 Å². The summed E-state index contributed by atoms with van der Waals surface area (Å²) < 4.78 is 5.06. The average Bonchev–Trinajstić information content (AvgIpc) is 2.26. The highest BCUT2D eigenvalue weighted by molar-refractivity contribution is 5.75. The van der Waals surface area contributed by atoms with E-state index in [-0.39, 0.29) is 5.41 Å². The highest BCUT2D eigenvalue weighted by Gasteiger charge is 2.34. The van der Waals surface area contributed by atoms with Crippen LogP contribution < -0.4 is 0 Å². The van der Waals surface area contributed by atoms with E-state index >= 15 is 0 Å². The summed E-state index contributed by atoms with van der Waals surface area (Å²) >= 11 is 0. The van der Waals surface area contributed by atoms with Gasteiger partial charge in [0.2, 0.25) is 0 Å². The van der Waals surface area contributed by atoms with E-state index in [0.717, 1.165) is 5.57 Å². The van der Waals surface area contributed by atoms with Crippen LogP contribution in [0.25, 0.3) is 0 Å². The number of hydrogen-bond donors (Lipinski definition) is 1. The molecule has 0 aromatic carbocycles. The molecule has 1 N–H and O–H groups in total. The fourth-order valence-electron chi connectivity index (χ4n) is 1.50. The van der Waals surface area contributed by atoms with Gasteiger partial charge in [0.1, 0.15) is 5.92 Å². The van der Waals surface area contributed by atoms with Crippen LogP contribution >= 0.6 is 0 Å². The van der Waals surface area contributed by atoms with Gasteiger partial charge in [-0.2, -0.15) is 0 Å². The van der Waals surface area contributed by atoms with Crippen LogP contribution in [0.2, 0.25) is 0 Å². The maximum Gasteiger partial charge on any atom is 0.316 e. The lowest BCUT2D eigenvalue weighted by Crippen LogP contribution is -2.38. The van der Waals surface area contributed by atoms with Crippen molar-refractivity contribution in [1.29, 1.82) is 0 Å². The molecule has 0 aromatic heterocycles. The Morgan fingerprint density at radius 3 is 2.10 bits per heavy atom. The van der Waals surface area contributed by atoms with E-state index in [1.165, 1.54) is 0 Å². The van der Waals surface area contributed by atoms with E-state index in [0.29, 0.717) is 6.61 Å². The van der Waals surface area contributed by atoms with Crippen LogP contribution in [-0.2, 0) is 9.53 Å². The van der Waals surface area contributed by atoms with Crippen molar-refractivity contribution in [2.75, 3.05) is 6.61 Å². The maximum absolute atomic E-state index is 12.0. The minimum absolute atomic E-state index is 0.0115. The molecule has 0 aliphatic heterocycles. The normalized spacial score (nSPS) is 15.1. The van der Waals surface area contributed by atoms with E-state index in [4.69, 9.17) is 4.74 Å². The van der Waals surface area contributed by atoms with Gasteiger partial charge in [0, 0.05) is 0 Å². The molecule has 2 unspecified atom stereocenters. The van der Waals surface area contributed by atoms with Gasteiger partial charge in [0.05, 0.1) is 12.7 Å². The molecule has 0 rings (SSSR count). The van der Waals surface area contributed by atoms with E-state index < -0.39 is 23.4 Å². The second-order valence-electron chi connectivity index (χ2n) is 7.27. The molecule has 0 aromatic rings. The Morgan fingerprint density at radius 2 is 1.75 bits per heavy atom. The Labute approximate surface area is 123 Å². The fourth-order valence-corrected chi connectivity index (χ4v) is 1.50. The molecule has 3 heteroatoms. The third-order valence-corrected chi connectivity index (χ3v) is 3.39. The quantitative estimate of drug-likeness (QED) is 0.631. The molecule has 116 valence electrons. The summed E-state index contributed by atoms with van der Waals surface area (Å²) in [7, 11) is 0. The summed E-state index contributed by atoms with van der Waals surface area (Å²) in [5, 5.41) is 10.4. The number of ether oxygens (including phenoxy) is 1. The zero-order chi connectivity index (χ0) is 16.1. The Kier molecular flexibility index (Phi) is 6.73. The van der Waals surface area contributed by atoms with Crippen LogP contribution in [0.3, 0.4) is 0 Å². The molecule has 0 fully saturated rings. The summed E-state index contributed by atoms with van der Waals surface area (Å²) in [6, 6.07) is 0. The fraction of sp³-hybridized carbons (Fsp3) is 0.765. The first-order valence-electron chi connectivity index (χ1n) is 7.19. The van der Waals surface area contributed by atoms with Crippen molar-refractivity contribution in [3.8, 4) is 0 Å². The van der Waals surface area contributed by atoms with Gasteiger partial charge in [-0.3, -0.25) is 4.79 Å². The number of esters is 1. The molecule has 0 amide bonds. The second kappa shape index (κ2) is 7.10. The monoisotopic (exact) mass is 282 g/mol. The Morgan fingerprint density at radius 1 is 1.25 bits per heavy atom. The van der Waals surface area contributed by atoms with Crippen molar-refractivity contribution in [2.24, 2.45) is 16.7 Å². The van der Waals surface area contributed by atoms with Gasteiger partial charge in [-0.15, -0.1) is 5.73 Å². The standard InChI is InChI=1S/C17H30O3/c1-9-20-15(19)13(14(18)17(6,7)8)11-10-12(2)16(3,4)5/h11,13-14,18H,9H2,1-8H3. The molecule has 0 heterocycles. The molecule has 0 aliphatic rings. The summed E-state index contributed by atoms with van der Waals surface area (Å²) in [4.78, 5) is 12.0. The number of aliphatic hydroxyl groups is 1. The zero-order valence-corrected chi connectivity index (χ0v) is 14.2. The number of aliphatic hydroxyl groups excluding tert-OH is 1. The number of rotatable bonds is 4. The summed E-state index contributed by atoms with van der Waals surface area (Å²) in [6.07, 6.45) is 0.843. The van der Waals surface area contributed by atoms with Crippen LogP contribution in [0.5, 0.6) is 0 Å². The van der Waals surface area contributed by atoms with Crippen molar-refractivity contribution in [3.63, 3.8) is 0 Å². The minimum Gasteiger partial charge on any atom is -0.465 e. The minimum atomic E-state index is -0.804. The number of hydrogen-bond acceptors (Lipinski definition) is 3. The van der Waals surface area contributed by atoms with Gasteiger partial charge in [0.15, 0.2) is 0 Å². The molecule has 0 saturated carbocycles. The van der Waals surface area contributed by atoms with E-state index in [2.05, 4.69) is 26.5 Å². The van der Waals surface area contributed by atoms with E-state index in [9.17, 15) is 9.90 Å². The first-order valence-corrected chi connectivity index (χ1v) is 7.19. The maximum atomic E-state index is 12.0. The molecule has 0 saturated heterocycles. The van der Waals surface area contributed by atoms with Crippen molar-refractivity contribution in [2.45, 2.75) is 61.5 Å². The number of carbonyl (C=O) groups is 1. The molecule has 0 aliphatic carbocycles. The molecule has 0 bridgehead atoms. The lowest BCUT2D eigenvalue weighted by molar-refractivity contribution is -0.152. The Bertz CT molecular complexity index is 387. The SMILES string of the molecule is CCOC(=O)C(C=C=C(C)C(C)(C)C)C(O)C(C)(C)C. The van der Waals surface area contributed by atoms with Gasteiger partial charge in [-0.1, -0.05) is 41.5 Å². The van der Waals surface area contributed by atoms with Gasteiger partial charge in [0.25, 0.3) is 0 Å². The van der Waals surface area contributed by atoms with E-state index in [1.807, 2.05) is 27.7 Å². The summed E-state index contributed by atoms with van der Waals surface area (Å²) in [5.41, 5.74) is 3.77. The molecule has 2 atom stereocenters. The van der Waals surface area contributed by atoms with Crippen LogP contribution in [0.4, 0.5) is 0 Å². The lowest BCUT2D eigenvalue weighted by atomic mass is 9.80. The number of carbonyl (C=O) groups excluding carboxylic acids is 1. The van der Waals surface area contributed by atoms with Gasteiger partial charge in [-0.25, -0.2) is 0 Å². The highest BCUT2D eigenvalue weighted by atomic mass is 16.5. The van der Waals surface area contributed by atoms with E-state index in [1.54, 1.807) is 13.0 Å². The predicted molar refractivity (Wildman–Crippen MR) is 82.3 cm³/mol. The van der Waals surface area contributed by atoms with Gasteiger partial charge < -0.3 is 9.84 Å². The molecular weight excluding hydrogens is 252 g/mol. The van der Waals surface area contributed by atoms with Crippen molar-refractivity contribution in [3.05, 3.63) is 17.4 Å². The third-order valence-electron chi connectivity index (χ3n) is 3.39. The van der Waals surface area contributed by atoms with Crippen molar-refractivity contribution in [1.82, 2.24) is 0 Å². The summed E-state index contributed by atoms with van der Waals surface area (Å²) in [6.45, 7) is 16.0. The average molecular weight is 282 g/mol. The zero-order valence-electron chi connectivity index (χ0n) is 14.2.